The molecule has 6 heteroatoms. The van der Waals surface area contributed by atoms with Gasteiger partial charge >= 0.3 is 0 Å². The Morgan fingerprint density at radius 1 is 1.33 bits per heavy atom. The van der Waals surface area contributed by atoms with Crippen LogP contribution in [0.2, 0.25) is 0 Å². The lowest BCUT2D eigenvalue weighted by molar-refractivity contribution is 0.208. The highest BCUT2D eigenvalue weighted by atomic mass is 127. The van der Waals surface area contributed by atoms with Gasteiger partial charge in [-0.05, 0) is 25.8 Å². The second-order valence-electron chi connectivity index (χ2n) is 6.09. The summed E-state index contributed by atoms with van der Waals surface area (Å²) in [4.78, 5) is 7.09. The molecule has 5 nitrogen and oxygen atoms in total. The third-order valence-electron chi connectivity index (χ3n) is 4.18. The van der Waals surface area contributed by atoms with Crippen LogP contribution in [0, 0.1) is 0 Å². The number of benzene rings is 1. The molecular weight excluding hydrogens is 415 g/mol. The molecule has 2 N–H and O–H groups in total. The maximum absolute atomic E-state index is 5.07. The van der Waals surface area contributed by atoms with E-state index in [9.17, 15) is 0 Å². The Morgan fingerprint density at radius 3 is 2.75 bits per heavy atom. The summed E-state index contributed by atoms with van der Waals surface area (Å²) in [5.41, 5.74) is 1.38. The SMILES string of the molecule is CCNC(=NCCOC)NC1CC(C)N(Cc2ccccc2)C1.I. The summed E-state index contributed by atoms with van der Waals surface area (Å²) in [5, 5.41) is 6.88. The summed E-state index contributed by atoms with van der Waals surface area (Å²) < 4.78 is 5.07. The molecule has 1 saturated heterocycles. The highest BCUT2D eigenvalue weighted by Crippen LogP contribution is 2.20. The van der Waals surface area contributed by atoms with Crippen LogP contribution in [0.4, 0.5) is 0 Å². The number of aliphatic imine (C=N–C) groups is 1. The lowest BCUT2D eigenvalue weighted by Gasteiger charge is -2.21. The number of guanidine groups is 1. The molecule has 2 unspecified atom stereocenters. The van der Waals surface area contributed by atoms with Gasteiger partial charge in [-0.1, -0.05) is 30.3 Å². The maximum Gasteiger partial charge on any atom is 0.191 e. The maximum atomic E-state index is 5.07. The average molecular weight is 446 g/mol. The van der Waals surface area contributed by atoms with Gasteiger partial charge in [-0.15, -0.1) is 24.0 Å². The van der Waals surface area contributed by atoms with Crippen molar-refractivity contribution in [1.29, 1.82) is 0 Å². The highest BCUT2D eigenvalue weighted by molar-refractivity contribution is 14.0. The molecule has 1 heterocycles. The van der Waals surface area contributed by atoms with Crippen LogP contribution in [0.3, 0.4) is 0 Å². The normalized spacial score (nSPS) is 21.4. The minimum Gasteiger partial charge on any atom is -0.383 e. The Labute approximate surface area is 163 Å². The monoisotopic (exact) mass is 446 g/mol. The van der Waals surface area contributed by atoms with Gasteiger partial charge in [-0.3, -0.25) is 9.89 Å². The summed E-state index contributed by atoms with van der Waals surface area (Å²) in [6.45, 7) is 8.66. The largest absolute Gasteiger partial charge is 0.383 e. The third kappa shape index (κ3) is 6.94. The van der Waals surface area contributed by atoms with Crippen LogP contribution >= 0.6 is 24.0 Å². The van der Waals surface area contributed by atoms with Crippen molar-refractivity contribution in [2.75, 3.05) is 33.4 Å². The first-order chi connectivity index (χ1) is 11.2. The fraction of sp³-hybridized carbons (Fsp3) is 0.611. The Bertz CT molecular complexity index is 483. The van der Waals surface area contributed by atoms with Crippen molar-refractivity contribution in [2.45, 2.75) is 38.9 Å². The molecule has 1 aromatic rings. The molecule has 136 valence electrons. The fourth-order valence-electron chi connectivity index (χ4n) is 3.00. The van der Waals surface area contributed by atoms with Crippen LogP contribution in [-0.4, -0.2) is 56.3 Å². The van der Waals surface area contributed by atoms with Gasteiger partial charge in [0.2, 0.25) is 0 Å². The molecule has 24 heavy (non-hydrogen) atoms. The van der Waals surface area contributed by atoms with Gasteiger partial charge in [-0.2, -0.15) is 0 Å². The molecule has 0 aliphatic carbocycles. The second-order valence-corrected chi connectivity index (χ2v) is 6.09. The number of nitrogens with zero attached hydrogens (tertiary/aromatic N) is 2. The lowest BCUT2D eigenvalue weighted by atomic mass is 10.2. The van der Waals surface area contributed by atoms with Crippen molar-refractivity contribution in [3.8, 4) is 0 Å². The van der Waals surface area contributed by atoms with Gasteiger partial charge in [0.15, 0.2) is 5.96 Å². The molecule has 0 saturated carbocycles. The molecule has 0 aromatic heterocycles. The van der Waals surface area contributed by atoms with E-state index in [1.165, 1.54) is 5.56 Å². The van der Waals surface area contributed by atoms with Crippen molar-refractivity contribution in [3.63, 3.8) is 0 Å². The Kier molecular flexibility index (Phi) is 10.3. The van der Waals surface area contributed by atoms with Crippen LogP contribution in [-0.2, 0) is 11.3 Å². The minimum atomic E-state index is 0. The van der Waals surface area contributed by atoms with Crippen LogP contribution in [0.25, 0.3) is 0 Å². The standard InChI is InChI=1S/C18H30N4O.HI/c1-4-19-18(20-10-11-23-3)21-17-12-15(2)22(14-17)13-16-8-6-5-7-9-16;/h5-9,15,17H,4,10-14H2,1-3H3,(H2,19,20,21);1H. The predicted octanol–water partition coefficient (Wildman–Crippen LogP) is 2.47. The highest BCUT2D eigenvalue weighted by Gasteiger charge is 2.29. The van der Waals surface area contributed by atoms with E-state index in [1.54, 1.807) is 7.11 Å². The number of hydrogen-bond acceptors (Lipinski definition) is 3. The molecule has 1 aliphatic heterocycles. The molecule has 0 radical (unpaired) electrons. The number of ether oxygens (including phenoxy) is 1. The zero-order chi connectivity index (χ0) is 16.5. The number of hydrogen-bond donors (Lipinski definition) is 2. The molecule has 1 aromatic carbocycles. The van der Waals surface area contributed by atoms with Gasteiger partial charge < -0.3 is 15.4 Å². The molecule has 1 aliphatic rings. The second kappa shape index (κ2) is 11.7. The summed E-state index contributed by atoms with van der Waals surface area (Å²) in [5.74, 6) is 0.892. The first kappa shape index (κ1) is 21.2. The van der Waals surface area contributed by atoms with Crippen molar-refractivity contribution in [1.82, 2.24) is 15.5 Å². The zero-order valence-corrected chi connectivity index (χ0v) is 17.3. The molecule has 0 amide bonds. The first-order valence-corrected chi connectivity index (χ1v) is 8.54. The van der Waals surface area contributed by atoms with Crippen LogP contribution < -0.4 is 10.6 Å². The van der Waals surface area contributed by atoms with E-state index in [1.807, 2.05) is 0 Å². The van der Waals surface area contributed by atoms with Crippen molar-refractivity contribution in [2.24, 2.45) is 4.99 Å². The number of likely N-dealkylation sites (tertiary alicyclic amines) is 1. The summed E-state index contributed by atoms with van der Waals surface area (Å²) >= 11 is 0. The Hall–Kier alpha value is -0.860. The van der Waals surface area contributed by atoms with Crippen LogP contribution in [0.5, 0.6) is 0 Å². The molecular formula is C18H31IN4O. The smallest absolute Gasteiger partial charge is 0.191 e. The average Bonchev–Trinajstić information content (AvgIpc) is 2.88. The third-order valence-corrected chi connectivity index (χ3v) is 4.18. The Morgan fingerprint density at radius 2 is 2.08 bits per heavy atom. The Balaban J connectivity index is 0.00000288. The van der Waals surface area contributed by atoms with Crippen molar-refractivity contribution in [3.05, 3.63) is 35.9 Å². The van der Waals surface area contributed by atoms with Crippen molar-refractivity contribution >= 4 is 29.9 Å². The van der Waals surface area contributed by atoms with E-state index in [2.05, 4.69) is 64.7 Å². The van der Waals surface area contributed by atoms with Crippen molar-refractivity contribution < 1.29 is 4.74 Å². The summed E-state index contributed by atoms with van der Waals surface area (Å²) in [7, 11) is 1.70. The number of rotatable bonds is 7. The van der Waals surface area contributed by atoms with Gasteiger partial charge in [0.05, 0.1) is 13.2 Å². The number of methoxy groups -OCH3 is 1. The fourth-order valence-corrected chi connectivity index (χ4v) is 3.00. The molecule has 2 rings (SSSR count). The lowest BCUT2D eigenvalue weighted by Crippen LogP contribution is -2.44. The van der Waals surface area contributed by atoms with E-state index < -0.39 is 0 Å². The van der Waals surface area contributed by atoms with E-state index >= 15 is 0 Å². The molecule has 2 atom stereocenters. The zero-order valence-electron chi connectivity index (χ0n) is 15.0. The van der Waals surface area contributed by atoms with Gasteiger partial charge in [-0.25, -0.2) is 0 Å². The van der Waals surface area contributed by atoms with Gasteiger partial charge in [0.1, 0.15) is 0 Å². The summed E-state index contributed by atoms with van der Waals surface area (Å²) in [6, 6.07) is 11.7. The van der Waals surface area contributed by atoms with Crippen LogP contribution in [0.1, 0.15) is 25.8 Å². The van der Waals surface area contributed by atoms with E-state index in [0.717, 1.165) is 32.0 Å². The topological polar surface area (TPSA) is 48.9 Å². The van der Waals surface area contributed by atoms with E-state index in [4.69, 9.17) is 4.74 Å². The number of nitrogens with one attached hydrogen (secondary N) is 2. The quantitative estimate of drug-likeness (QED) is 0.293. The molecule has 0 bridgehead atoms. The van der Waals surface area contributed by atoms with Crippen LogP contribution in [0.15, 0.2) is 35.3 Å². The summed E-state index contributed by atoms with van der Waals surface area (Å²) in [6.07, 6.45) is 1.14. The first-order valence-electron chi connectivity index (χ1n) is 8.54. The van der Waals surface area contributed by atoms with E-state index in [0.29, 0.717) is 25.2 Å². The van der Waals surface area contributed by atoms with Gasteiger partial charge in [0.25, 0.3) is 0 Å². The predicted molar refractivity (Wildman–Crippen MR) is 111 cm³/mol. The minimum absolute atomic E-state index is 0. The molecule has 1 fully saturated rings. The van der Waals surface area contributed by atoms with E-state index in [-0.39, 0.29) is 24.0 Å². The molecule has 0 spiro atoms. The number of halogens is 1. The van der Waals surface area contributed by atoms with Gasteiger partial charge in [0, 0.05) is 38.8 Å².